The van der Waals surface area contributed by atoms with Gasteiger partial charge in [0.25, 0.3) is 0 Å². The van der Waals surface area contributed by atoms with E-state index in [0.717, 1.165) is 5.56 Å². The molecule has 1 aromatic heterocycles. The minimum atomic E-state index is 0.476. The Kier molecular flexibility index (Phi) is 2.92. The summed E-state index contributed by atoms with van der Waals surface area (Å²) in [4.78, 5) is 8.51. The van der Waals surface area contributed by atoms with Crippen LogP contribution < -0.4 is 0 Å². The first-order chi connectivity index (χ1) is 7.58. The van der Waals surface area contributed by atoms with Crippen molar-refractivity contribution in [3.63, 3.8) is 0 Å². The highest BCUT2D eigenvalue weighted by atomic mass is 35.5. The highest BCUT2D eigenvalue weighted by molar-refractivity contribution is 6.29. The van der Waals surface area contributed by atoms with Gasteiger partial charge < -0.3 is 0 Å². The van der Waals surface area contributed by atoms with E-state index in [0.29, 0.717) is 11.0 Å². The van der Waals surface area contributed by atoms with Gasteiger partial charge in [0.1, 0.15) is 5.15 Å². The van der Waals surface area contributed by atoms with E-state index in [9.17, 15) is 0 Å². The molecule has 1 heterocycles. The van der Waals surface area contributed by atoms with Crippen molar-refractivity contribution in [1.29, 1.82) is 0 Å². The number of aryl methyl sites for hydroxylation is 3. The van der Waals surface area contributed by atoms with Crippen LogP contribution >= 0.6 is 11.6 Å². The minimum absolute atomic E-state index is 0.476. The Morgan fingerprint density at radius 2 is 1.69 bits per heavy atom. The molecule has 0 saturated heterocycles. The van der Waals surface area contributed by atoms with Gasteiger partial charge in [0, 0.05) is 11.8 Å². The van der Waals surface area contributed by atoms with Crippen LogP contribution in [0.25, 0.3) is 11.4 Å². The van der Waals surface area contributed by atoms with E-state index < -0.39 is 0 Å². The third-order valence-electron chi connectivity index (χ3n) is 2.52. The second kappa shape index (κ2) is 4.22. The fraction of sp³-hybridized carbons (Fsp3) is 0.231. The van der Waals surface area contributed by atoms with Crippen LogP contribution in [-0.4, -0.2) is 9.97 Å². The van der Waals surface area contributed by atoms with Gasteiger partial charge in [-0.2, -0.15) is 0 Å². The van der Waals surface area contributed by atoms with Crippen molar-refractivity contribution in [3.8, 4) is 11.4 Å². The highest BCUT2D eigenvalue weighted by Gasteiger charge is 2.09. The molecule has 0 fully saturated rings. The quantitative estimate of drug-likeness (QED) is 0.701. The fourth-order valence-electron chi connectivity index (χ4n) is 1.99. The zero-order valence-electron chi connectivity index (χ0n) is 9.58. The lowest BCUT2D eigenvalue weighted by Crippen LogP contribution is -1.95. The smallest absolute Gasteiger partial charge is 0.161 e. The zero-order valence-corrected chi connectivity index (χ0v) is 10.3. The number of rotatable bonds is 1. The summed E-state index contributed by atoms with van der Waals surface area (Å²) in [5.74, 6) is 0.697. The van der Waals surface area contributed by atoms with Gasteiger partial charge in [0.15, 0.2) is 5.82 Å². The van der Waals surface area contributed by atoms with Crippen LogP contribution in [0, 0.1) is 20.8 Å². The van der Waals surface area contributed by atoms with E-state index in [1.165, 1.54) is 16.7 Å². The van der Waals surface area contributed by atoms with Crippen molar-refractivity contribution in [2.45, 2.75) is 20.8 Å². The van der Waals surface area contributed by atoms with Crippen LogP contribution in [0.2, 0.25) is 5.15 Å². The SMILES string of the molecule is Cc1cc(C)c(-c2nccc(Cl)n2)c(C)c1. The molecular weight excluding hydrogens is 220 g/mol. The Hall–Kier alpha value is -1.41. The number of benzene rings is 1. The Morgan fingerprint density at radius 1 is 1.06 bits per heavy atom. The first-order valence-corrected chi connectivity index (χ1v) is 5.52. The average Bonchev–Trinajstić information content (AvgIpc) is 2.15. The van der Waals surface area contributed by atoms with Crippen LogP contribution in [0.15, 0.2) is 24.4 Å². The van der Waals surface area contributed by atoms with Gasteiger partial charge in [-0.3, -0.25) is 0 Å². The van der Waals surface area contributed by atoms with Crippen LogP contribution in [-0.2, 0) is 0 Å². The van der Waals surface area contributed by atoms with E-state index in [2.05, 4.69) is 42.9 Å². The van der Waals surface area contributed by atoms with Gasteiger partial charge in [-0.25, -0.2) is 9.97 Å². The van der Waals surface area contributed by atoms with E-state index in [-0.39, 0.29) is 0 Å². The molecule has 0 amide bonds. The molecule has 0 radical (unpaired) electrons. The molecule has 3 heteroatoms. The number of nitrogens with zero attached hydrogens (tertiary/aromatic N) is 2. The summed E-state index contributed by atoms with van der Waals surface area (Å²) in [6.07, 6.45) is 1.68. The molecule has 2 rings (SSSR count). The van der Waals surface area contributed by atoms with Gasteiger partial charge in [-0.1, -0.05) is 29.3 Å². The Morgan fingerprint density at radius 3 is 2.25 bits per heavy atom. The standard InChI is InChI=1S/C13H13ClN2/c1-8-6-9(2)12(10(3)7-8)13-15-5-4-11(14)16-13/h4-7H,1-3H3. The molecular formula is C13H13ClN2. The number of aromatic nitrogens is 2. The lowest BCUT2D eigenvalue weighted by Gasteiger charge is -2.09. The summed E-state index contributed by atoms with van der Waals surface area (Å²) in [7, 11) is 0. The van der Waals surface area contributed by atoms with Crippen LogP contribution in [0.3, 0.4) is 0 Å². The fourth-order valence-corrected chi connectivity index (χ4v) is 2.13. The Bertz CT molecular complexity index is 512. The zero-order chi connectivity index (χ0) is 11.7. The summed E-state index contributed by atoms with van der Waals surface area (Å²) >= 11 is 5.88. The molecule has 0 spiro atoms. The third-order valence-corrected chi connectivity index (χ3v) is 2.73. The predicted octanol–water partition coefficient (Wildman–Crippen LogP) is 3.72. The second-order valence-corrected chi connectivity index (χ2v) is 4.36. The Balaban J connectivity index is 2.64. The van der Waals surface area contributed by atoms with Gasteiger partial charge in [0.2, 0.25) is 0 Å². The van der Waals surface area contributed by atoms with E-state index in [1.807, 2.05) is 0 Å². The topological polar surface area (TPSA) is 25.8 Å². The van der Waals surface area contributed by atoms with Gasteiger partial charge in [0.05, 0.1) is 0 Å². The van der Waals surface area contributed by atoms with E-state index in [4.69, 9.17) is 11.6 Å². The molecule has 0 atom stereocenters. The molecule has 0 N–H and O–H groups in total. The molecule has 16 heavy (non-hydrogen) atoms. The molecule has 0 aliphatic heterocycles. The maximum atomic E-state index is 5.88. The normalized spacial score (nSPS) is 10.5. The van der Waals surface area contributed by atoms with E-state index in [1.54, 1.807) is 12.3 Å². The Labute approximate surface area is 100 Å². The average molecular weight is 233 g/mol. The molecule has 0 unspecified atom stereocenters. The molecule has 0 bridgehead atoms. The van der Waals surface area contributed by atoms with Crippen LogP contribution in [0.5, 0.6) is 0 Å². The molecule has 82 valence electrons. The summed E-state index contributed by atoms with van der Waals surface area (Å²) in [6, 6.07) is 5.95. The first-order valence-electron chi connectivity index (χ1n) is 5.14. The maximum absolute atomic E-state index is 5.88. The second-order valence-electron chi connectivity index (χ2n) is 3.98. The number of hydrogen-bond donors (Lipinski definition) is 0. The highest BCUT2D eigenvalue weighted by Crippen LogP contribution is 2.25. The summed E-state index contributed by atoms with van der Waals surface area (Å²) in [5.41, 5.74) is 4.69. The third kappa shape index (κ3) is 2.07. The predicted molar refractivity (Wildman–Crippen MR) is 66.7 cm³/mol. The first kappa shape index (κ1) is 11.1. The molecule has 2 nitrogen and oxygen atoms in total. The largest absolute Gasteiger partial charge is 0.236 e. The summed E-state index contributed by atoms with van der Waals surface area (Å²) in [5, 5.41) is 0.476. The molecule has 0 aliphatic rings. The van der Waals surface area contributed by atoms with E-state index >= 15 is 0 Å². The van der Waals surface area contributed by atoms with Crippen LogP contribution in [0.1, 0.15) is 16.7 Å². The molecule has 1 aromatic carbocycles. The van der Waals surface area contributed by atoms with Gasteiger partial charge in [-0.15, -0.1) is 0 Å². The minimum Gasteiger partial charge on any atom is -0.236 e. The summed E-state index contributed by atoms with van der Waals surface area (Å²) < 4.78 is 0. The monoisotopic (exact) mass is 232 g/mol. The van der Waals surface area contributed by atoms with Gasteiger partial charge >= 0.3 is 0 Å². The molecule has 0 aliphatic carbocycles. The number of halogens is 1. The maximum Gasteiger partial charge on any atom is 0.161 e. The van der Waals surface area contributed by atoms with Crippen molar-refractivity contribution in [2.24, 2.45) is 0 Å². The summed E-state index contributed by atoms with van der Waals surface area (Å²) in [6.45, 7) is 6.22. The van der Waals surface area contributed by atoms with Crippen molar-refractivity contribution in [1.82, 2.24) is 9.97 Å². The van der Waals surface area contributed by atoms with Crippen LogP contribution in [0.4, 0.5) is 0 Å². The van der Waals surface area contributed by atoms with Crippen molar-refractivity contribution in [2.75, 3.05) is 0 Å². The van der Waals surface area contributed by atoms with Gasteiger partial charge in [-0.05, 0) is 38.0 Å². The molecule has 2 aromatic rings. The molecule has 0 saturated carbocycles. The van der Waals surface area contributed by atoms with Crippen molar-refractivity contribution >= 4 is 11.6 Å². The number of hydrogen-bond acceptors (Lipinski definition) is 2. The lowest BCUT2D eigenvalue weighted by atomic mass is 9.99. The van der Waals surface area contributed by atoms with Crippen molar-refractivity contribution < 1.29 is 0 Å². The lowest BCUT2D eigenvalue weighted by molar-refractivity contribution is 1.15. The van der Waals surface area contributed by atoms with Crippen molar-refractivity contribution in [3.05, 3.63) is 46.2 Å².